The van der Waals surface area contributed by atoms with E-state index in [-0.39, 0.29) is 11.9 Å². The van der Waals surface area contributed by atoms with Crippen LogP contribution in [-0.2, 0) is 9.59 Å². The molecular weight excluding hydrogens is 258 g/mol. The number of aromatic nitrogens is 2. The molecule has 0 spiro atoms. The number of imidazole rings is 1. The lowest BCUT2D eigenvalue weighted by molar-refractivity contribution is -0.149. The molecule has 3 N–H and O–H groups in total. The minimum absolute atomic E-state index is 0.166. The summed E-state index contributed by atoms with van der Waals surface area (Å²) in [5, 5.41) is 12.2. The zero-order valence-electron chi connectivity index (χ0n) is 11.6. The molecule has 1 aliphatic rings. The molecule has 110 valence electrons. The Morgan fingerprint density at radius 1 is 1.45 bits per heavy atom. The monoisotopic (exact) mass is 279 g/mol. The maximum Gasteiger partial charge on any atom is 0.307 e. The smallest absolute Gasteiger partial charge is 0.307 e. The second kappa shape index (κ2) is 6.54. The van der Waals surface area contributed by atoms with Crippen LogP contribution in [0.2, 0.25) is 0 Å². The minimum Gasteiger partial charge on any atom is -0.481 e. The van der Waals surface area contributed by atoms with Gasteiger partial charge in [0, 0.05) is 12.4 Å². The standard InChI is InChI=1S/C14H21N3O3/c1-2-11(12-15-7-8-16-12)17-13(18)9-5-3-4-6-10(9)14(19)20/h7-11H,2-6H2,1H3,(H,15,16)(H,17,18)(H,19,20). The lowest BCUT2D eigenvalue weighted by Gasteiger charge is -2.28. The van der Waals surface area contributed by atoms with Gasteiger partial charge in [0.05, 0.1) is 17.9 Å². The van der Waals surface area contributed by atoms with E-state index in [1.54, 1.807) is 12.4 Å². The van der Waals surface area contributed by atoms with Crippen LogP contribution >= 0.6 is 0 Å². The van der Waals surface area contributed by atoms with Crippen LogP contribution in [0.3, 0.4) is 0 Å². The molecule has 1 aromatic rings. The molecule has 0 saturated heterocycles. The summed E-state index contributed by atoms with van der Waals surface area (Å²) in [6.07, 6.45) is 7.11. The van der Waals surface area contributed by atoms with Gasteiger partial charge in [-0.1, -0.05) is 19.8 Å². The van der Waals surface area contributed by atoms with E-state index in [1.807, 2.05) is 6.92 Å². The number of aromatic amines is 1. The molecule has 1 aromatic heterocycles. The van der Waals surface area contributed by atoms with Crippen LogP contribution in [0.4, 0.5) is 0 Å². The van der Waals surface area contributed by atoms with Crippen LogP contribution in [0.15, 0.2) is 12.4 Å². The fraction of sp³-hybridized carbons (Fsp3) is 0.643. The number of amides is 1. The summed E-state index contributed by atoms with van der Waals surface area (Å²) in [6.45, 7) is 1.96. The molecule has 1 amide bonds. The van der Waals surface area contributed by atoms with E-state index in [0.29, 0.717) is 25.1 Å². The lowest BCUT2D eigenvalue weighted by atomic mass is 9.78. The molecule has 0 aliphatic heterocycles. The molecule has 3 atom stereocenters. The summed E-state index contributed by atoms with van der Waals surface area (Å²) in [6, 6.07) is -0.186. The number of hydrogen-bond donors (Lipinski definition) is 3. The Morgan fingerprint density at radius 3 is 2.70 bits per heavy atom. The van der Waals surface area contributed by atoms with Crippen LogP contribution in [0.1, 0.15) is 50.9 Å². The second-order valence-electron chi connectivity index (χ2n) is 5.28. The third-order valence-electron chi connectivity index (χ3n) is 3.99. The van der Waals surface area contributed by atoms with Gasteiger partial charge in [0.1, 0.15) is 5.82 Å². The Balaban J connectivity index is 2.04. The highest BCUT2D eigenvalue weighted by atomic mass is 16.4. The van der Waals surface area contributed by atoms with Gasteiger partial charge in [-0.2, -0.15) is 0 Å². The van der Waals surface area contributed by atoms with E-state index in [0.717, 1.165) is 12.8 Å². The van der Waals surface area contributed by atoms with Crippen molar-refractivity contribution in [3.05, 3.63) is 18.2 Å². The second-order valence-corrected chi connectivity index (χ2v) is 5.28. The maximum absolute atomic E-state index is 12.4. The van der Waals surface area contributed by atoms with Crippen molar-refractivity contribution in [3.63, 3.8) is 0 Å². The molecule has 3 unspecified atom stereocenters. The third kappa shape index (κ3) is 3.18. The van der Waals surface area contributed by atoms with Gasteiger partial charge in [0.25, 0.3) is 0 Å². The number of carboxylic acids is 1. The first kappa shape index (κ1) is 14.6. The number of carbonyl (C=O) groups excluding carboxylic acids is 1. The zero-order valence-corrected chi connectivity index (χ0v) is 11.6. The highest BCUT2D eigenvalue weighted by molar-refractivity contribution is 5.85. The summed E-state index contributed by atoms with van der Waals surface area (Å²) < 4.78 is 0. The van der Waals surface area contributed by atoms with E-state index in [9.17, 15) is 14.7 Å². The van der Waals surface area contributed by atoms with Crippen molar-refractivity contribution in [3.8, 4) is 0 Å². The normalized spacial score (nSPS) is 24.1. The molecular formula is C14H21N3O3. The van der Waals surface area contributed by atoms with Crippen molar-refractivity contribution < 1.29 is 14.7 Å². The molecule has 1 saturated carbocycles. The summed E-state index contributed by atoms with van der Waals surface area (Å²) in [5.74, 6) is -1.30. The third-order valence-corrected chi connectivity index (χ3v) is 3.99. The lowest BCUT2D eigenvalue weighted by Crippen LogP contribution is -2.41. The molecule has 6 nitrogen and oxygen atoms in total. The molecule has 2 rings (SSSR count). The SMILES string of the molecule is CCC(NC(=O)C1CCCCC1C(=O)O)c1ncc[nH]1. The predicted octanol–water partition coefficient (Wildman–Crippen LogP) is 1.87. The summed E-state index contributed by atoms with van der Waals surface area (Å²) >= 11 is 0. The Bertz CT molecular complexity index is 458. The average Bonchev–Trinajstić information content (AvgIpc) is 2.98. The molecule has 0 radical (unpaired) electrons. The summed E-state index contributed by atoms with van der Waals surface area (Å²) in [4.78, 5) is 30.8. The van der Waals surface area contributed by atoms with Gasteiger partial charge in [-0.3, -0.25) is 9.59 Å². The molecule has 0 aromatic carbocycles. The quantitative estimate of drug-likeness (QED) is 0.766. The van der Waals surface area contributed by atoms with E-state index < -0.39 is 17.8 Å². The number of aliphatic carboxylic acids is 1. The maximum atomic E-state index is 12.4. The highest BCUT2D eigenvalue weighted by Crippen LogP contribution is 2.31. The number of nitrogens with zero attached hydrogens (tertiary/aromatic N) is 1. The van der Waals surface area contributed by atoms with Crippen LogP contribution in [0, 0.1) is 11.8 Å². The van der Waals surface area contributed by atoms with E-state index >= 15 is 0 Å². The van der Waals surface area contributed by atoms with Crippen molar-refractivity contribution in [2.45, 2.75) is 45.1 Å². The van der Waals surface area contributed by atoms with Crippen LogP contribution in [0.25, 0.3) is 0 Å². The number of H-pyrrole nitrogens is 1. The Hall–Kier alpha value is -1.85. The molecule has 6 heteroatoms. The van der Waals surface area contributed by atoms with Gasteiger partial charge in [-0.15, -0.1) is 0 Å². The van der Waals surface area contributed by atoms with E-state index in [4.69, 9.17) is 0 Å². The van der Waals surface area contributed by atoms with Gasteiger partial charge in [0.15, 0.2) is 0 Å². The fourth-order valence-electron chi connectivity index (χ4n) is 2.85. The Morgan fingerprint density at radius 2 is 2.15 bits per heavy atom. The van der Waals surface area contributed by atoms with Crippen molar-refractivity contribution in [2.75, 3.05) is 0 Å². The zero-order chi connectivity index (χ0) is 14.5. The van der Waals surface area contributed by atoms with Crippen molar-refractivity contribution in [2.24, 2.45) is 11.8 Å². The Labute approximate surface area is 118 Å². The number of carbonyl (C=O) groups is 2. The number of hydrogen-bond acceptors (Lipinski definition) is 3. The average molecular weight is 279 g/mol. The molecule has 1 fully saturated rings. The Kier molecular flexibility index (Phi) is 4.76. The van der Waals surface area contributed by atoms with Crippen LogP contribution in [-0.4, -0.2) is 27.0 Å². The molecule has 1 aliphatic carbocycles. The van der Waals surface area contributed by atoms with Crippen molar-refractivity contribution >= 4 is 11.9 Å². The molecule has 1 heterocycles. The van der Waals surface area contributed by atoms with E-state index in [1.165, 1.54) is 0 Å². The van der Waals surface area contributed by atoms with Gasteiger partial charge in [-0.05, 0) is 19.3 Å². The molecule has 20 heavy (non-hydrogen) atoms. The van der Waals surface area contributed by atoms with E-state index in [2.05, 4.69) is 15.3 Å². The van der Waals surface area contributed by atoms with Gasteiger partial charge in [0.2, 0.25) is 5.91 Å². The molecule has 0 bridgehead atoms. The topological polar surface area (TPSA) is 95.1 Å². The first-order valence-corrected chi connectivity index (χ1v) is 7.16. The number of rotatable bonds is 5. The minimum atomic E-state index is -0.865. The van der Waals surface area contributed by atoms with Gasteiger partial charge in [-0.25, -0.2) is 4.98 Å². The fourth-order valence-corrected chi connectivity index (χ4v) is 2.85. The first-order valence-electron chi connectivity index (χ1n) is 7.16. The predicted molar refractivity (Wildman–Crippen MR) is 72.8 cm³/mol. The van der Waals surface area contributed by atoms with Crippen molar-refractivity contribution in [1.29, 1.82) is 0 Å². The largest absolute Gasteiger partial charge is 0.481 e. The van der Waals surface area contributed by atoms with Gasteiger partial charge >= 0.3 is 5.97 Å². The number of nitrogens with one attached hydrogen (secondary N) is 2. The van der Waals surface area contributed by atoms with Crippen molar-refractivity contribution in [1.82, 2.24) is 15.3 Å². The first-order chi connectivity index (χ1) is 9.63. The highest BCUT2D eigenvalue weighted by Gasteiger charge is 2.36. The van der Waals surface area contributed by atoms with Crippen LogP contribution in [0.5, 0.6) is 0 Å². The summed E-state index contributed by atoms with van der Waals surface area (Å²) in [7, 11) is 0. The number of carboxylic acid groups (broad SMARTS) is 1. The summed E-state index contributed by atoms with van der Waals surface area (Å²) in [5.41, 5.74) is 0. The van der Waals surface area contributed by atoms with Gasteiger partial charge < -0.3 is 15.4 Å². The van der Waals surface area contributed by atoms with Crippen LogP contribution < -0.4 is 5.32 Å².